The quantitative estimate of drug-likeness (QED) is 0.575. The molecule has 1 aromatic carbocycles. The van der Waals surface area contributed by atoms with Crippen molar-refractivity contribution in [2.45, 2.75) is 20.3 Å². The van der Waals surface area contributed by atoms with Crippen LogP contribution in [-0.2, 0) is 11.2 Å². The van der Waals surface area contributed by atoms with Crippen LogP contribution in [0.15, 0.2) is 22.1 Å². The number of ether oxygens (including phenoxy) is 2. The fourth-order valence-electron chi connectivity index (χ4n) is 2.06. The Labute approximate surface area is 148 Å². The molecule has 0 aliphatic carbocycles. The maximum atomic E-state index is 6.32. The molecule has 0 amide bonds. The molecular weight excluding hydrogens is 386 g/mol. The van der Waals surface area contributed by atoms with Crippen LogP contribution in [0.1, 0.15) is 18.7 Å². The zero-order valence-corrected chi connectivity index (χ0v) is 16.0. The van der Waals surface area contributed by atoms with Crippen LogP contribution < -0.4 is 4.74 Å². The third-order valence-corrected chi connectivity index (χ3v) is 4.84. The zero-order valence-electron chi connectivity index (χ0n) is 12.9. The average Bonchev–Trinajstić information content (AvgIpc) is 2.80. The van der Waals surface area contributed by atoms with Gasteiger partial charge in [-0.1, -0.05) is 25.4 Å². The Morgan fingerprint density at radius 1 is 1.32 bits per heavy atom. The second-order valence-corrected chi connectivity index (χ2v) is 8.09. The Balaban J connectivity index is 2.24. The normalized spacial score (nSPS) is 11.2. The van der Waals surface area contributed by atoms with E-state index in [-0.39, 0.29) is 0 Å². The summed E-state index contributed by atoms with van der Waals surface area (Å²) >= 11 is 11.5. The van der Waals surface area contributed by atoms with E-state index in [4.69, 9.17) is 21.1 Å². The monoisotopic (exact) mass is 403 g/mol. The molecule has 0 N–H and O–H groups in total. The van der Waals surface area contributed by atoms with Gasteiger partial charge in [0.05, 0.1) is 17.3 Å². The molecule has 0 bridgehead atoms. The lowest BCUT2D eigenvalue weighted by molar-refractivity contribution is 0.146. The topological polar surface area (TPSA) is 31.4 Å². The van der Waals surface area contributed by atoms with Gasteiger partial charge in [0, 0.05) is 17.6 Å². The first kappa shape index (κ1) is 17.7. The van der Waals surface area contributed by atoms with E-state index in [1.807, 2.05) is 18.2 Å². The van der Waals surface area contributed by atoms with Gasteiger partial charge in [0.2, 0.25) is 0 Å². The van der Waals surface area contributed by atoms with Crippen LogP contribution in [-0.4, -0.2) is 25.3 Å². The molecule has 2 rings (SSSR count). The molecule has 0 unspecified atom stereocenters. The van der Waals surface area contributed by atoms with Gasteiger partial charge in [-0.25, -0.2) is 4.98 Å². The number of rotatable bonds is 7. The van der Waals surface area contributed by atoms with Crippen molar-refractivity contribution in [3.05, 3.63) is 32.0 Å². The summed E-state index contributed by atoms with van der Waals surface area (Å²) in [4.78, 5) is 5.87. The van der Waals surface area contributed by atoms with Gasteiger partial charge in [-0.2, -0.15) is 0 Å². The van der Waals surface area contributed by atoms with E-state index in [9.17, 15) is 0 Å². The van der Waals surface area contributed by atoms with Gasteiger partial charge in [0.1, 0.15) is 12.4 Å². The van der Waals surface area contributed by atoms with E-state index in [0.717, 1.165) is 21.6 Å². The minimum absolute atomic E-state index is 0.483. The molecule has 0 spiro atoms. The summed E-state index contributed by atoms with van der Waals surface area (Å²) in [7, 11) is 1.64. The van der Waals surface area contributed by atoms with Crippen molar-refractivity contribution >= 4 is 38.9 Å². The number of benzene rings is 1. The third kappa shape index (κ3) is 4.69. The molecule has 0 saturated carbocycles. The second kappa shape index (κ2) is 8.29. The Kier molecular flexibility index (Phi) is 6.68. The molecule has 0 saturated heterocycles. The van der Waals surface area contributed by atoms with Crippen LogP contribution in [0.3, 0.4) is 0 Å². The van der Waals surface area contributed by atoms with Crippen LogP contribution in [0, 0.1) is 5.92 Å². The molecule has 2 aromatic rings. The summed E-state index contributed by atoms with van der Waals surface area (Å²) in [6, 6.07) is 5.80. The summed E-state index contributed by atoms with van der Waals surface area (Å²) in [5, 5.41) is 0.591. The Bertz CT molecular complexity index is 631. The summed E-state index contributed by atoms with van der Waals surface area (Å²) in [5.41, 5.74) is 2.01. The molecule has 1 aromatic heterocycles. The third-order valence-electron chi connectivity index (χ3n) is 3.02. The largest absolute Gasteiger partial charge is 0.490 e. The van der Waals surface area contributed by atoms with Gasteiger partial charge in [-0.05, 0) is 46.5 Å². The minimum Gasteiger partial charge on any atom is -0.490 e. The van der Waals surface area contributed by atoms with Crippen molar-refractivity contribution < 1.29 is 9.47 Å². The fourth-order valence-corrected chi connectivity index (χ4v) is 4.07. The SMILES string of the molecule is COCCOc1ccc(-c2nc(Br)sc2CC(C)C)cc1Cl. The van der Waals surface area contributed by atoms with E-state index in [0.29, 0.717) is 29.9 Å². The first-order chi connectivity index (χ1) is 10.5. The Morgan fingerprint density at radius 3 is 2.73 bits per heavy atom. The van der Waals surface area contributed by atoms with Crippen LogP contribution in [0.5, 0.6) is 5.75 Å². The summed E-state index contributed by atoms with van der Waals surface area (Å²) in [6.45, 7) is 5.43. The van der Waals surface area contributed by atoms with Crippen molar-refractivity contribution in [3.63, 3.8) is 0 Å². The summed E-state index contributed by atoms with van der Waals surface area (Å²) < 4.78 is 11.5. The summed E-state index contributed by atoms with van der Waals surface area (Å²) in [6.07, 6.45) is 1.00. The van der Waals surface area contributed by atoms with Crippen molar-refractivity contribution in [2.24, 2.45) is 5.92 Å². The highest BCUT2D eigenvalue weighted by Gasteiger charge is 2.15. The number of nitrogens with zero attached hydrogens (tertiary/aromatic N) is 1. The predicted molar refractivity (Wildman–Crippen MR) is 96.2 cm³/mol. The number of aromatic nitrogens is 1. The van der Waals surface area contributed by atoms with Gasteiger partial charge in [-0.3, -0.25) is 0 Å². The van der Waals surface area contributed by atoms with Gasteiger partial charge in [0.25, 0.3) is 0 Å². The van der Waals surface area contributed by atoms with Gasteiger partial charge < -0.3 is 9.47 Å². The lowest BCUT2D eigenvalue weighted by Crippen LogP contribution is -2.04. The molecule has 0 fully saturated rings. The molecule has 0 radical (unpaired) electrons. The number of methoxy groups -OCH3 is 1. The second-order valence-electron chi connectivity index (χ2n) is 5.32. The lowest BCUT2D eigenvalue weighted by atomic mass is 10.0. The molecule has 0 aliphatic rings. The van der Waals surface area contributed by atoms with Crippen LogP contribution in [0.25, 0.3) is 11.3 Å². The standard InChI is InChI=1S/C16H19BrClNO2S/c1-10(2)8-14-15(19-16(17)22-14)11-4-5-13(12(18)9-11)21-7-6-20-3/h4-5,9-10H,6-8H2,1-3H3. The van der Waals surface area contributed by atoms with E-state index in [1.54, 1.807) is 18.4 Å². The van der Waals surface area contributed by atoms with Crippen molar-refractivity contribution in [2.75, 3.05) is 20.3 Å². The number of hydrogen-bond donors (Lipinski definition) is 0. The van der Waals surface area contributed by atoms with Crippen molar-refractivity contribution in [1.82, 2.24) is 4.98 Å². The zero-order chi connectivity index (χ0) is 16.1. The number of hydrogen-bond acceptors (Lipinski definition) is 4. The summed E-state index contributed by atoms with van der Waals surface area (Å²) in [5.74, 6) is 1.25. The van der Waals surface area contributed by atoms with E-state index >= 15 is 0 Å². The highest BCUT2D eigenvalue weighted by atomic mass is 79.9. The molecular formula is C16H19BrClNO2S. The van der Waals surface area contributed by atoms with Crippen LogP contribution >= 0.6 is 38.9 Å². The first-order valence-corrected chi connectivity index (χ1v) is 9.07. The van der Waals surface area contributed by atoms with Crippen molar-refractivity contribution in [1.29, 1.82) is 0 Å². The maximum Gasteiger partial charge on any atom is 0.160 e. The minimum atomic E-state index is 0.483. The average molecular weight is 405 g/mol. The van der Waals surface area contributed by atoms with E-state index in [1.165, 1.54) is 4.88 Å². The molecule has 1 heterocycles. The Morgan fingerprint density at radius 2 is 2.09 bits per heavy atom. The Hall–Kier alpha value is -0.620. The van der Waals surface area contributed by atoms with Crippen molar-refractivity contribution in [3.8, 4) is 17.0 Å². The van der Waals surface area contributed by atoms with Gasteiger partial charge in [-0.15, -0.1) is 11.3 Å². The highest BCUT2D eigenvalue weighted by Crippen LogP contribution is 2.36. The van der Waals surface area contributed by atoms with Crippen LogP contribution in [0.4, 0.5) is 0 Å². The van der Waals surface area contributed by atoms with E-state index in [2.05, 4.69) is 34.8 Å². The molecule has 120 valence electrons. The smallest absolute Gasteiger partial charge is 0.160 e. The fraction of sp³-hybridized carbons (Fsp3) is 0.438. The highest BCUT2D eigenvalue weighted by molar-refractivity contribution is 9.11. The van der Waals surface area contributed by atoms with Gasteiger partial charge in [0.15, 0.2) is 3.92 Å². The number of thiazole rings is 1. The van der Waals surface area contributed by atoms with Crippen LogP contribution in [0.2, 0.25) is 5.02 Å². The first-order valence-electron chi connectivity index (χ1n) is 7.08. The number of halogens is 2. The molecule has 6 heteroatoms. The molecule has 3 nitrogen and oxygen atoms in total. The molecule has 0 atom stereocenters. The lowest BCUT2D eigenvalue weighted by Gasteiger charge is -2.10. The molecule has 0 aliphatic heterocycles. The predicted octanol–water partition coefficient (Wildman–Crippen LogP) is 5.45. The van der Waals surface area contributed by atoms with E-state index < -0.39 is 0 Å². The maximum absolute atomic E-state index is 6.32. The molecule has 22 heavy (non-hydrogen) atoms. The van der Waals surface area contributed by atoms with Gasteiger partial charge >= 0.3 is 0 Å².